The zero-order chi connectivity index (χ0) is 22.4. The van der Waals surface area contributed by atoms with Crippen LogP contribution in [-0.2, 0) is 4.79 Å². The lowest BCUT2D eigenvalue weighted by Crippen LogP contribution is -2.22. The van der Waals surface area contributed by atoms with Gasteiger partial charge in [-0.3, -0.25) is 9.59 Å². The number of thioether (sulfide) groups is 1. The second-order valence-corrected chi connectivity index (χ2v) is 8.36. The molecule has 0 saturated heterocycles. The van der Waals surface area contributed by atoms with E-state index in [0.29, 0.717) is 5.69 Å². The van der Waals surface area contributed by atoms with E-state index in [4.69, 9.17) is 0 Å². The zero-order valence-corrected chi connectivity index (χ0v) is 17.9. The Hall–Kier alpha value is -3.58. The van der Waals surface area contributed by atoms with Crippen LogP contribution in [0.25, 0.3) is 0 Å². The fourth-order valence-corrected chi connectivity index (χ4v) is 3.77. The van der Waals surface area contributed by atoms with Gasteiger partial charge in [0.15, 0.2) is 0 Å². The Bertz CT molecular complexity index is 1110. The largest absolute Gasteiger partial charge is 0.478 e. The van der Waals surface area contributed by atoms with Gasteiger partial charge in [-0.2, -0.15) is 0 Å². The molecule has 7 heteroatoms. The first-order chi connectivity index (χ1) is 14.8. The highest BCUT2D eigenvalue weighted by Crippen LogP contribution is 2.26. The van der Waals surface area contributed by atoms with Crippen LogP contribution in [0.1, 0.15) is 33.2 Å². The first kappa shape index (κ1) is 22.1. The van der Waals surface area contributed by atoms with Gasteiger partial charge in [0.25, 0.3) is 5.91 Å². The van der Waals surface area contributed by atoms with E-state index in [0.717, 1.165) is 16.1 Å². The zero-order valence-electron chi connectivity index (χ0n) is 17.1. The number of amides is 2. The van der Waals surface area contributed by atoms with E-state index in [1.165, 1.54) is 23.9 Å². The van der Waals surface area contributed by atoms with Crippen LogP contribution in [-0.4, -0.2) is 28.1 Å². The lowest BCUT2D eigenvalue weighted by molar-refractivity contribution is -0.115. The standard InChI is InChI=1S/C24H22N2O4S/c1-15-6-5-7-18(14-15)26-22(27)16(2)31-19-12-10-17(11-13-19)25-23(28)20-8-3-4-9-21(20)24(29)30/h3-14,16H,1-2H3,(H,25,28)(H,26,27)(H,29,30). The molecule has 1 atom stereocenters. The highest BCUT2D eigenvalue weighted by Gasteiger charge is 2.17. The lowest BCUT2D eigenvalue weighted by atomic mass is 10.1. The monoisotopic (exact) mass is 434 g/mol. The molecule has 3 aromatic carbocycles. The van der Waals surface area contributed by atoms with Gasteiger partial charge in [-0.25, -0.2) is 4.79 Å². The van der Waals surface area contributed by atoms with Gasteiger partial charge >= 0.3 is 5.97 Å². The fraction of sp³-hybridized carbons (Fsp3) is 0.125. The Kier molecular flexibility index (Phi) is 7.10. The van der Waals surface area contributed by atoms with Crippen molar-refractivity contribution in [2.75, 3.05) is 10.6 Å². The molecule has 0 radical (unpaired) electrons. The second kappa shape index (κ2) is 9.95. The Balaban J connectivity index is 1.60. The number of rotatable bonds is 7. The number of aryl methyl sites for hydroxylation is 1. The fourth-order valence-electron chi connectivity index (χ4n) is 2.91. The summed E-state index contributed by atoms with van der Waals surface area (Å²) in [6.45, 7) is 3.79. The van der Waals surface area contributed by atoms with Gasteiger partial charge in [0, 0.05) is 16.3 Å². The van der Waals surface area contributed by atoms with E-state index in [2.05, 4.69) is 10.6 Å². The molecule has 1 unspecified atom stereocenters. The molecular formula is C24H22N2O4S. The van der Waals surface area contributed by atoms with E-state index >= 15 is 0 Å². The highest BCUT2D eigenvalue weighted by molar-refractivity contribution is 8.00. The maximum Gasteiger partial charge on any atom is 0.336 e. The predicted octanol–water partition coefficient (Wildman–Crippen LogP) is 5.06. The summed E-state index contributed by atoms with van der Waals surface area (Å²) < 4.78 is 0. The van der Waals surface area contributed by atoms with Gasteiger partial charge < -0.3 is 15.7 Å². The van der Waals surface area contributed by atoms with Crippen LogP contribution >= 0.6 is 11.8 Å². The summed E-state index contributed by atoms with van der Waals surface area (Å²) in [4.78, 5) is 37.1. The summed E-state index contributed by atoms with van der Waals surface area (Å²) >= 11 is 1.40. The summed E-state index contributed by atoms with van der Waals surface area (Å²) in [6, 6.07) is 20.7. The van der Waals surface area contributed by atoms with E-state index in [-0.39, 0.29) is 22.3 Å². The Labute approximate surface area is 184 Å². The van der Waals surface area contributed by atoms with E-state index in [1.54, 1.807) is 36.4 Å². The van der Waals surface area contributed by atoms with E-state index in [1.807, 2.05) is 38.1 Å². The number of hydrogen-bond donors (Lipinski definition) is 3. The van der Waals surface area contributed by atoms with Crippen molar-refractivity contribution in [2.45, 2.75) is 24.0 Å². The summed E-state index contributed by atoms with van der Waals surface area (Å²) in [5.74, 6) is -1.75. The van der Waals surface area contributed by atoms with Crippen molar-refractivity contribution in [2.24, 2.45) is 0 Å². The van der Waals surface area contributed by atoms with Gasteiger partial charge in [-0.1, -0.05) is 24.3 Å². The third-order valence-corrected chi connectivity index (χ3v) is 5.59. The van der Waals surface area contributed by atoms with Crippen LogP contribution in [0.4, 0.5) is 11.4 Å². The topological polar surface area (TPSA) is 95.5 Å². The third-order valence-electron chi connectivity index (χ3n) is 4.48. The molecule has 0 bridgehead atoms. The first-order valence-electron chi connectivity index (χ1n) is 9.61. The predicted molar refractivity (Wildman–Crippen MR) is 123 cm³/mol. The lowest BCUT2D eigenvalue weighted by Gasteiger charge is -2.13. The van der Waals surface area contributed by atoms with Crippen molar-refractivity contribution < 1.29 is 19.5 Å². The molecule has 2 amide bonds. The molecule has 0 aliphatic heterocycles. The summed E-state index contributed by atoms with van der Waals surface area (Å²) in [5, 5.41) is 14.5. The van der Waals surface area contributed by atoms with E-state index < -0.39 is 11.9 Å². The number of carbonyl (C=O) groups is 3. The highest BCUT2D eigenvalue weighted by atomic mass is 32.2. The van der Waals surface area contributed by atoms with Crippen LogP contribution in [0, 0.1) is 6.92 Å². The molecule has 3 N–H and O–H groups in total. The van der Waals surface area contributed by atoms with Crippen LogP contribution < -0.4 is 10.6 Å². The maximum absolute atomic E-state index is 12.5. The smallest absolute Gasteiger partial charge is 0.336 e. The van der Waals surface area contributed by atoms with Crippen molar-refractivity contribution in [3.63, 3.8) is 0 Å². The maximum atomic E-state index is 12.5. The Morgan fingerprint density at radius 1 is 0.839 bits per heavy atom. The average Bonchev–Trinajstić information content (AvgIpc) is 2.75. The van der Waals surface area contributed by atoms with Crippen LogP contribution in [0.2, 0.25) is 0 Å². The van der Waals surface area contributed by atoms with E-state index in [9.17, 15) is 19.5 Å². The van der Waals surface area contributed by atoms with Gasteiger partial charge in [0.2, 0.25) is 5.91 Å². The minimum atomic E-state index is -1.16. The number of hydrogen-bond acceptors (Lipinski definition) is 4. The summed E-state index contributed by atoms with van der Waals surface area (Å²) in [7, 11) is 0. The molecule has 0 fully saturated rings. The van der Waals surface area contributed by atoms with Crippen molar-refractivity contribution >= 4 is 40.9 Å². The number of aromatic carboxylic acids is 1. The number of carboxylic acid groups (broad SMARTS) is 1. The quantitative estimate of drug-likeness (QED) is 0.452. The number of nitrogens with one attached hydrogen (secondary N) is 2. The molecule has 0 spiro atoms. The molecule has 3 aromatic rings. The van der Waals surface area contributed by atoms with Gasteiger partial charge in [0.05, 0.1) is 16.4 Å². The van der Waals surface area contributed by atoms with Gasteiger partial charge in [-0.05, 0) is 67.9 Å². The number of carbonyl (C=O) groups excluding carboxylic acids is 2. The molecule has 0 saturated carbocycles. The SMILES string of the molecule is Cc1cccc(NC(=O)C(C)Sc2ccc(NC(=O)c3ccccc3C(=O)O)cc2)c1. The molecule has 3 rings (SSSR count). The number of benzene rings is 3. The van der Waals surface area contributed by atoms with Gasteiger partial charge in [0.1, 0.15) is 0 Å². The number of anilines is 2. The van der Waals surface area contributed by atoms with Crippen molar-refractivity contribution in [3.05, 3.63) is 89.5 Å². The van der Waals surface area contributed by atoms with Crippen LogP contribution in [0.5, 0.6) is 0 Å². The third kappa shape index (κ3) is 5.96. The molecule has 158 valence electrons. The van der Waals surface area contributed by atoms with Gasteiger partial charge in [-0.15, -0.1) is 11.8 Å². The minimum Gasteiger partial charge on any atom is -0.478 e. The molecule has 0 heterocycles. The van der Waals surface area contributed by atoms with Crippen LogP contribution in [0.15, 0.2) is 77.7 Å². The normalized spacial score (nSPS) is 11.4. The van der Waals surface area contributed by atoms with Crippen LogP contribution in [0.3, 0.4) is 0 Å². The second-order valence-electron chi connectivity index (χ2n) is 6.95. The summed E-state index contributed by atoms with van der Waals surface area (Å²) in [6.07, 6.45) is 0. The first-order valence-corrected chi connectivity index (χ1v) is 10.5. The molecule has 0 aliphatic rings. The minimum absolute atomic E-state index is 0.0550. The summed E-state index contributed by atoms with van der Waals surface area (Å²) in [5.41, 5.74) is 2.40. The molecule has 31 heavy (non-hydrogen) atoms. The Morgan fingerprint density at radius 3 is 2.16 bits per heavy atom. The van der Waals surface area contributed by atoms with Crippen molar-refractivity contribution in [1.82, 2.24) is 0 Å². The van der Waals surface area contributed by atoms with Crippen molar-refractivity contribution in [3.8, 4) is 0 Å². The molecule has 0 aromatic heterocycles. The number of carboxylic acids is 1. The average molecular weight is 435 g/mol. The molecule has 6 nitrogen and oxygen atoms in total. The molecular weight excluding hydrogens is 412 g/mol. The Morgan fingerprint density at radius 2 is 1.52 bits per heavy atom. The van der Waals surface area contributed by atoms with Crippen molar-refractivity contribution in [1.29, 1.82) is 0 Å². The molecule has 0 aliphatic carbocycles.